The van der Waals surface area contributed by atoms with Crippen LogP contribution in [0.1, 0.15) is 26.0 Å². The van der Waals surface area contributed by atoms with Crippen molar-refractivity contribution in [1.82, 2.24) is 19.3 Å². The molecule has 1 aromatic carbocycles. The average Bonchev–Trinajstić information content (AvgIpc) is 2.84. The van der Waals surface area contributed by atoms with Crippen LogP contribution in [-0.4, -0.2) is 76.9 Å². The van der Waals surface area contributed by atoms with Crippen LogP contribution in [0.5, 0.6) is 0 Å². The molecule has 6 nitrogen and oxygen atoms in total. The highest BCUT2D eigenvalue weighted by molar-refractivity contribution is 5.84. The van der Waals surface area contributed by atoms with Gasteiger partial charge in [0, 0.05) is 50.5 Å². The Morgan fingerprint density at radius 3 is 2.50 bits per heavy atom. The number of aryl methyl sites for hydroxylation is 1. The van der Waals surface area contributed by atoms with Crippen LogP contribution in [0.15, 0.2) is 30.3 Å². The van der Waals surface area contributed by atoms with E-state index in [0.29, 0.717) is 19.6 Å². The maximum Gasteiger partial charge on any atom is 0.242 e. The molecule has 2 amide bonds. The molecule has 1 saturated heterocycles. The Kier molecular flexibility index (Phi) is 6.73. The van der Waals surface area contributed by atoms with Gasteiger partial charge < -0.3 is 14.4 Å². The van der Waals surface area contributed by atoms with Gasteiger partial charge in [-0.2, -0.15) is 0 Å². The van der Waals surface area contributed by atoms with E-state index in [2.05, 4.69) is 34.6 Å². The molecule has 1 aliphatic heterocycles. The van der Waals surface area contributed by atoms with Gasteiger partial charge in [-0.3, -0.25) is 14.5 Å². The zero-order valence-electron chi connectivity index (χ0n) is 17.4. The number of likely N-dealkylation sites (N-methyl/N-ethyl adjacent to an activating group) is 1. The SMILES string of the molecule is CCN(CC)C(=O)CN1CCCN(C(=O)Cn2c(C)cc3ccccc32)CC1. The van der Waals surface area contributed by atoms with Crippen molar-refractivity contribution in [3.8, 4) is 0 Å². The smallest absolute Gasteiger partial charge is 0.242 e. The van der Waals surface area contributed by atoms with Gasteiger partial charge in [-0.05, 0) is 44.7 Å². The maximum absolute atomic E-state index is 13.0. The second kappa shape index (κ2) is 9.24. The summed E-state index contributed by atoms with van der Waals surface area (Å²) in [4.78, 5) is 31.3. The first kappa shape index (κ1) is 20.4. The van der Waals surface area contributed by atoms with Crippen molar-refractivity contribution in [2.75, 3.05) is 45.8 Å². The van der Waals surface area contributed by atoms with E-state index >= 15 is 0 Å². The number of para-hydroxylation sites is 1. The number of hydrogen-bond donors (Lipinski definition) is 0. The number of benzene rings is 1. The molecule has 0 aliphatic carbocycles. The van der Waals surface area contributed by atoms with Crippen molar-refractivity contribution in [2.45, 2.75) is 33.7 Å². The van der Waals surface area contributed by atoms with Gasteiger partial charge in [-0.15, -0.1) is 0 Å². The lowest BCUT2D eigenvalue weighted by Crippen LogP contribution is -2.42. The van der Waals surface area contributed by atoms with Crippen LogP contribution in [-0.2, 0) is 16.1 Å². The number of amides is 2. The second-order valence-corrected chi connectivity index (χ2v) is 7.51. The minimum absolute atomic E-state index is 0.154. The molecule has 152 valence electrons. The lowest BCUT2D eigenvalue weighted by Gasteiger charge is -2.25. The fourth-order valence-electron chi connectivity index (χ4n) is 4.04. The van der Waals surface area contributed by atoms with E-state index in [1.54, 1.807) is 0 Å². The van der Waals surface area contributed by atoms with Crippen LogP contribution >= 0.6 is 0 Å². The van der Waals surface area contributed by atoms with Crippen molar-refractivity contribution >= 4 is 22.7 Å². The number of rotatable bonds is 6. The predicted octanol–water partition coefficient (Wildman–Crippen LogP) is 2.35. The highest BCUT2D eigenvalue weighted by Gasteiger charge is 2.22. The lowest BCUT2D eigenvalue weighted by molar-refractivity contribution is -0.132. The number of hydrogen-bond acceptors (Lipinski definition) is 3. The third kappa shape index (κ3) is 4.55. The Bertz CT molecular complexity index is 825. The third-order valence-electron chi connectivity index (χ3n) is 5.73. The minimum atomic E-state index is 0.154. The van der Waals surface area contributed by atoms with Crippen LogP contribution in [0.3, 0.4) is 0 Å². The molecule has 0 radical (unpaired) electrons. The summed E-state index contributed by atoms with van der Waals surface area (Å²) in [5.74, 6) is 0.334. The Balaban J connectivity index is 1.60. The summed E-state index contributed by atoms with van der Waals surface area (Å²) in [6.07, 6.45) is 0.905. The molecule has 1 fully saturated rings. The highest BCUT2D eigenvalue weighted by atomic mass is 16.2. The molecular formula is C22H32N4O2. The molecule has 0 spiro atoms. The summed E-state index contributed by atoms with van der Waals surface area (Å²) in [6, 6.07) is 10.3. The van der Waals surface area contributed by atoms with E-state index in [1.807, 2.05) is 35.8 Å². The van der Waals surface area contributed by atoms with E-state index in [-0.39, 0.29) is 11.8 Å². The first-order chi connectivity index (χ1) is 13.5. The first-order valence-electron chi connectivity index (χ1n) is 10.4. The molecule has 1 aliphatic rings. The standard InChI is InChI=1S/C22H32N4O2/c1-4-24(5-2)21(27)16-23-11-8-12-25(14-13-23)22(28)17-26-18(3)15-19-9-6-7-10-20(19)26/h6-7,9-10,15H,4-5,8,11-14,16-17H2,1-3H3. The van der Waals surface area contributed by atoms with Crippen molar-refractivity contribution in [3.63, 3.8) is 0 Å². The van der Waals surface area contributed by atoms with Gasteiger partial charge in [0.05, 0.1) is 6.54 Å². The zero-order chi connectivity index (χ0) is 20.1. The largest absolute Gasteiger partial charge is 0.342 e. The Morgan fingerprint density at radius 2 is 1.75 bits per heavy atom. The number of carbonyl (C=O) groups is 2. The summed E-state index contributed by atoms with van der Waals surface area (Å²) in [5, 5.41) is 1.17. The third-order valence-corrected chi connectivity index (χ3v) is 5.73. The van der Waals surface area contributed by atoms with Crippen LogP contribution < -0.4 is 0 Å². The van der Waals surface area contributed by atoms with Gasteiger partial charge in [-0.25, -0.2) is 0 Å². The van der Waals surface area contributed by atoms with Crippen molar-refractivity contribution < 1.29 is 9.59 Å². The molecule has 28 heavy (non-hydrogen) atoms. The zero-order valence-corrected chi connectivity index (χ0v) is 17.4. The van der Waals surface area contributed by atoms with E-state index in [9.17, 15) is 9.59 Å². The number of aromatic nitrogens is 1. The minimum Gasteiger partial charge on any atom is -0.342 e. The number of carbonyl (C=O) groups excluding carboxylic acids is 2. The monoisotopic (exact) mass is 384 g/mol. The van der Waals surface area contributed by atoms with E-state index < -0.39 is 0 Å². The number of fused-ring (bicyclic) bond motifs is 1. The molecule has 1 aromatic heterocycles. The normalized spacial score (nSPS) is 15.6. The Hall–Kier alpha value is -2.34. The van der Waals surface area contributed by atoms with E-state index in [1.165, 1.54) is 5.39 Å². The maximum atomic E-state index is 13.0. The second-order valence-electron chi connectivity index (χ2n) is 7.51. The summed E-state index contributed by atoms with van der Waals surface area (Å²) in [7, 11) is 0. The molecule has 0 saturated carbocycles. The Labute approximate surface area is 167 Å². The predicted molar refractivity (Wildman–Crippen MR) is 112 cm³/mol. The van der Waals surface area contributed by atoms with Gasteiger partial charge in [0.15, 0.2) is 0 Å². The van der Waals surface area contributed by atoms with Crippen LogP contribution in [0.2, 0.25) is 0 Å². The van der Waals surface area contributed by atoms with Gasteiger partial charge in [0.25, 0.3) is 0 Å². The first-order valence-corrected chi connectivity index (χ1v) is 10.4. The molecular weight excluding hydrogens is 352 g/mol. The quantitative estimate of drug-likeness (QED) is 0.768. The molecule has 3 rings (SSSR count). The summed E-state index contributed by atoms with van der Waals surface area (Å²) in [5.41, 5.74) is 2.21. The van der Waals surface area contributed by atoms with Crippen LogP contribution in [0.25, 0.3) is 10.9 Å². The van der Waals surface area contributed by atoms with Crippen LogP contribution in [0, 0.1) is 6.92 Å². The van der Waals surface area contributed by atoms with Gasteiger partial charge >= 0.3 is 0 Å². The fourth-order valence-corrected chi connectivity index (χ4v) is 4.04. The summed E-state index contributed by atoms with van der Waals surface area (Å²) >= 11 is 0. The lowest BCUT2D eigenvalue weighted by atomic mass is 10.2. The van der Waals surface area contributed by atoms with Crippen molar-refractivity contribution in [1.29, 1.82) is 0 Å². The molecule has 2 aromatic rings. The van der Waals surface area contributed by atoms with Crippen molar-refractivity contribution in [3.05, 3.63) is 36.0 Å². The van der Waals surface area contributed by atoms with Gasteiger partial charge in [0.1, 0.15) is 6.54 Å². The fraction of sp³-hybridized carbons (Fsp3) is 0.545. The highest BCUT2D eigenvalue weighted by Crippen LogP contribution is 2.19. The summed E-state index contributed by atoms with van der Waals surface area (Å²) in [6.45, 7) is 11.4. The topological polar surface area (TPSA) is 48.8 Å². The number of nitrogens with zero attached hydrogens (tertiary/aromatic N) is 4. The average molecular weight is 385 g/mol. The molecule has 0 bridgehead atoms. The van der Waals surface area contributed by atoms with E-state index in [0.717, 1.165) is 50.4 Å². The van der Waals surface area contributed by atoms with Gasteiger partial charge in [-0.1, -0.05) is 18.2 Å². The van der Waals surface area contributed by atoms with Crippen LogP contribution in [0.4, 0.5) is 0 Å². The van der Waals surface area contributed by atoms with E-state index in [4.69, 9.17) is 0 Å². The molecule has 0 unspecified atom stereocenters. The Morgan fingerprint density at radius 1 is 1.00 bits per heavy atom. The molecule has 2 heterocycles. The summed E-state index contributed by atoms with van der Waals surface area (Å²) < 4.78 is 2.10. The molecule has 0 atom stereocenters. The molecule has 6 heteroatoms. The van der Waals surface area contributed by atoms with Gasteiger partial charge in [0.2, 0.25) is 11.8 Å². The van der Waals surface area contributed by atoms with Crippen molar-refractivity contribution in [2.24, 2.45) is 0 Å². The molecule has 0 N–H and O–H groups in total.